The SMILES string of the molecule is Cc1nn(-c2ccc(C(N)=NO)cc2Cl)cc1Cl. The highest BCUT2D eigenvalue weighted by atomic mass is 35.5. The van der Waals surface area contributed by atoms with Crippen LogP contribution in [0, 0.1) is 6.92 Å². The van der Waals surface area contributed by atoms with Gasteiger partial charge in [-0.05, 0) is 25.1 Å². The van der Waals surface area contributed by atoms with Crippen LogP contribution in [0.3, 0.4) is 0 Å². The maximum atomic E-state index is 8.59. The first-order chi connectivity index (χ1) is 8.52. The predicted octanol–water partition coefficient (Wildman–Crippen LogP) is 2.58. The second-order valence-electron chi connectivity index (χ2n) is 3.66. The fraction of sp³-hybridized carbons (Fsp3) is 0.0909. The lowest BCUT2D eigenvalue weighted by Gasteiger charge is -2.06. The van der Waals surface area contributed by atoms with Crippen molar-refractivity contribution < 1.29 is 5.21 Å². The highest BCUT2D eigenvalue weighted by molar-refractivity contribution is 6.33. The first kappa shape index (κ1) is 12.7. The molecular weight excluding hydrogens is 275 g/mol. The Balaban J connectivity index is 2.47. The number of halogens is 2. The molecule has 0 aliphatic heterocycles. The van der Waals surface area contributed by atoms with Crippen molar-refractivity contribution >= 4 is 29.0 Å². The zero-order chi connectivity index (χ0) is 13.3. The molecule has 18 heavy (non-hydrogen) atoms. The largest absolute Gasteiger partial charge is 0.409 e. The molecule has 0 bridgehead atoms. The number of hydrogen-bond donors (Lipinski definition) is 2. The molecule has 2 aromatic rings. The molecule has 0 amide bonds. The lowest BCUT2D eigenvalue weighted by Crippen LogP contribution is -2.13. The van der Waals surface area contributed by atoms with Crippen molar-refractivity contribution in [3.63, 3.8) is 0 Å². The number of aryl methyl sites for hydroxylation is 1. The molecule has 1 heterocycles. The van der Waals surface area contributed by atoms with Gasteiger partial charge in [0.05, 0.1) is 21.4 Å². The van der Waals surface area contributed by atoms with Crippen molar-refractivity contribution in [1.29, 1.82) is 0 Å². The van der Waals surface area contributed by atoms with E-state index < -0.39 is 0 Å². The van der Waals surface area contributed by atoms with Crippen molar-refractivity contribution in [3.8, 4) is 5.69 Å². The zero-order valence-electron chi connectivity index (χ0n) is 9.43. The van der Waals surface area contributed by atoms with Crippen LogP contribution in [0.25, 0.3) is 5.69 Å². The van der Waals surface area contributed by atoms with E-state index in [9.17, 15) is 0 Å². The fourth-order valence-corrected chi connectivity index (χ4v) is 1.87. The van der Waals surface area contributed by atoms with Crippen molar-refractivity contribution in [1.82, 2.24) is 9.78 Å². The van der Waals surface area contributed by atoms with Crippen molar-refractivity contribution in [3.05, 3.63) is 45.7 Å². The van der Waals surface area contributed by atoms with Crippen LogP contribution < -0.4 is 5.73 Å². The molecule has 2 rings (SSSR count). The van der Waals surface area contributed by atoms with E-state index in [4.69, 9.17) is 34.1 Å². The van der Waals surface area contributed by atoms with Gasteiger partial charge in [0.2, 0.25) is 0 Å². The van der Waals surface area contributed by atoms with Gasteiger partial charge < -0.3 is 10.9 Å². The van der Waals surface area contributed by atoms with E-state index in [0.717, 1.165) is 0 Å². The molecule has 0 aliphatic carbocycles. The second-order valence-corrected chi connectivity index (χ2v) is 4.47. The first-order valence-corrected chi connectivity index (χ1v) is 5.78. The first-order valence-electron chi connectivity index (χ1n) is 5.02. The zero-order valence-corrected chi connectivity index (χ0v) is 10.9. The molecule has 0 unspecified atom stereocenters. The molecule has 5 nitrogen and oxygen atoms in total. The maximum absolute atomic E-state index is 8.59. The second kappa shape index (κ2) is 4.88. The quantitative estimate of drug-likeness (QED) is 0.385. The van der Waals surface area contributed by atoms with E-state index in [0.29, 0.717) is 27.0 Å². The van der Waals surface area contributed by atoms with Gasteiger partial charge in [0.15, 0.2) is 5.84 Å². The molecule has 0 fully saturated rings. The van der Waals surface area contributed by atoms with E-state index in [1.807, 2.05) is 0 Å². The van der Waals surface area contributed by atoms with Gasteiger partial charge in [-0.3, -0.25) is 0 Å². The molecule has 0 saturated heterocycles. The summed E-state index contributed by atoms with van der Waals surface area (Å²) in [7, 11) is 0. The number of amidine groups is 1. The van der Waals surface area contributed by atoms with Crippen LogP contribution in [0.5, 0.6) is 0 Å². The molecule has 1 aromatic heterocycles. The van der Waals surface area contributed by atoms with Gasteiger partial charge in [-0.25, -0.2) is 4.68 Å². The third kappa shape index (κ3) is 2.27. The van der Waals surface area contributed by atoms with Crippen LogP contribution in [0.1, 0.15) is 11.3 Å². The minimum absolute atomic E-state index is 0.00173. The Morgan fingerprint density at radius 3 is 2.61 bits per heavy atom. The molecule has 0 atom stereocenters. The molecule has 0 saturated carbocycles. The van der Waals surface area contributed by atoms with Gasteiger partial charge in [0.25, 0.3) is 0 Å². The Hall–Kier alpha value is -1.72. The van der Waals surface area contributed by atoms with Crippen LogP contribution in [0.2, 0.25) is 10.0 Å². The Labute approximate surface area is 113 Å². The van der Waals surface area contributed by atoms with Crippen molar-refractivity contribution in [2.75, 3.05) is 0 Å². The molecule has 0 spiro atoms. The van der Waals surface area contributed by atoms with Crippen LogP contribution in [-0.4, -0.2) is 20.8 Å². The highest BCUT2D eigenvalue weighted by Gasteiger charge is 2.09. The van der Waals surface area contributed by atoms with E-state index in [2.05, 4.69) is 10.3 Å². The van der Waals surface area contributed by atoms with Gasteiger partial charge in [-0.1, -0.05) is 28.4 Å². The molecule has 94 valence electrons. The minimum Gasteiger partial charge on any atom is -0.409 e. The Morgan fingerprint density at radius 2 is 2.11 bits per heavy atom. The summed E-state index contributed by atoms with van der Waals surface area (Å²) in [6.07, 6.45) is 1.67. The lowest BCUT2D eigenvalue weighted by atomic mass is 10.2. The van der Waals surface area contributed by atoms with E-state index in [1.54, 1.807) is 36.0 Å². The lowest BCUT2D eigenvalue weighted by molar-refractivity contribution is 0.318. The van der Waals surface area contributed by atoms with Gasteiger partial charge in [0.1, 0.15) is 0 Å². The summed E-state index contributed by atoms with van der Waals surface area (Å²) in [6, 6.07) is 5.00. The van der Waals surface area contributed by atoms with Gasteiger partial charge in [-0.2, -0.15) is 5.10 Å². The standard InChI is InChI=1S/C11H10Cl2N4O/c1-6-9(13)5-17(15-6)10-3-2-7(4-8(10)12)11(14)16-18/h2-5,18H,1H3,(H2,14,16). The van der Waals surface area contributed by atoms with E-state index >= 15 is 0 Å². The molecular formula is C11H10Cl2N4O. The van der Waals surface area contributed by atoms with Crippen LogP contribution >= 0.6 is 23.2 Å². The summed E-state index contributed by atoms with van der Waals surface area (Å²) in [6.45, 7) is 1.80. The molecule has 0 aliphatic rings. The van der Waals surface area contributed by atoms with E-state index in [-0.39, 0.29) is 5.84 Å². The molecule has 3 N–H and O–H groups in total. The smallest absolute Gasteiger partial charge is 0.170 e. The highest BCUT2D eigenvalue weighted by Crippen LogP contribution is 2.24. The average Bonchev–Trinajstić information content (AvgIpc) is 2.68. The number of hydrogen-bond acceptors (Lipinski definition) is 3. The molecule has 7 heteroatoms. The van der Waals surface area contributed by atoms with Crippen LogP contribution in [0.4, 0.5) is 0 Å². The van der Waals surface area contributed by atoms with Crippen molar-refractivity contribution in [2.24, 2.45) is 10.9 Å². The third-order valence-corrected chi connectivity index (χ3v) is 3.11. The Bertz CT molecular complexity index is 602. The number of rotatable bonds is 2. The Morgan fingerprint density at radius 1 is 1.39 bits per heavy atom. The van der Waals surface area contributed by atoms with Crippen LogP contribution in [0.15, 0.2) is 29.6 Å². The number of oxime groups is 1. The van der Waals surface area contributed by atoms with Gasteiger partial charge >= 0.3 is 0 Å². The van der Waals surface area contributed by atoms with Gasteiger partial charge in [-0.15, -0.1) is 0 Å². The number of aromatic nitrogens is 2. The summed E-state index contributed by atoms with van der Waals surface area (Å²) in [5.74, 6) is -0.00173. The Kier molecular flexibility index (Phi) is 3.45. The summed E-state index contributed by atoms with van der Waals surface area (Å²) < 4.78 is 1.58. The maximum Gasteiger partial charge on any atom is 0.170 e. The summed E-state index contributed by atoms with van der Waals surface area (Å²) in [5.41, 5.74) is 7.39. The van der Waals surface area contributed by atoms with E-state index in [1.165, 1.54) is 0 Å². The normalized spacial score (nSPS) is 11.8. The van der Waals surface area contributed by atoms with Crippen molar-refractivity contribution in [2.45, 2.75) is 6.92 Å². The van der Waals surface area contributed by atoms with Crippen LogP contribution in [-0.2, 0) is 0 Å². The minimum atomic E-state index is -0.00173. The fourth-order valence-electron chi connectivity index (χ4n) is 1.47. The summed E-state index contributed by atoms with van der Waals surface area (Å²) in [4.78, 5) is 0. The number of nitrogens with two attached hydrogens (primary N) is 1. The molecule has 0 radical (unpaired) electrons. The topological polar surface area (TPSA) is 76.4 Å². The number of benzene rings is 1. The monoisotopic (exact) mass is 284 g/mol. The number of nitrogens with zero attached hydrogens (tertiary/aromatic N) is 3. The summed E-state index contributed by atoms with van der Waals surface area (Å²) in [5, 5.41) is 16.7. The average molecular weight is 285 g/mol. The van der Waals surface area contributed by atoms with Gasteiger partial charge in [0, 0.05) is 11.8 Å². The third-order valence-electron chi connectivity index (χ3n) is 2.44. The predicted molar refractivity (Wildman–Crippen MR) is 70.8 cm³/mol. The summed E-state index contributed by atoms with van der Waals surface area (Å²) >= 11 is 12.1. The molecule has 1 aromatic carbocycles.